The molecule has 0 bridgehead atoms. The zero-order chi connectivity index (χ0) is 8.81. The Kier molecular flexibility index (Phi) is 3.80. The second-order valence-corrected chi connectivity index (χ2v) is 2.84. The first-order valence-corrected chi connectivity index (χ1v) is 4.35. The molecule has 12 heavy (non-hydrogen) atoms. The van der Waals surface area contributed by atoms with Crippen LogP contribution in [0.15, 0.2) is 12.2 Å². The predicted molar refractivity (Wildman–Crippen MR) is 46.8 cm³/mol. The van der Waals surface area contributed by atoms with E-state index < -0.39 is 0 Å². The summed E-state index contributed by atoms with van der Waals surface area (Å²) >= 11 is 0. The van der Waals surface area contributed by atoms with Crippen molar-refractivity contribution in [1.82, 2.24) is 5.32 Å². The lowest BCUT2D eigenvalue weighted by atomic mass is 10.2. The summed E-state index contributed by atoms with van der Waals surface area (Å²) in [5.41, 5.74) is 0. The van der Waals surface area contributed by atoms with Crippen molar-refractivity contribution in [3.63, 3.8) is 0 Å². The van der Waals surface area contributed by atoms with Crippen molar-refractivity contribution in [2.24, 2.45) is 0 Å². The maximum atomic E-state index is 11.1. The lowest BCUT2D eigenvalue weighted by Crippen LogP contribution is -2.35. The number of rotatable bonds is 4. The van der Waals surface area contributed by atoms with Gasteiger partial charge in [0.15, 0.2) is 0 Å². The van der Waals surface area contributed by atoms with Crippen molar-refractivity contribution in [1.29, 1.82) is 0 Å². The van der Waals surface area contributed by atoms with E-state index in [0.717, 1.165) is 12.8 Å². The Balaban J connectivity index is 2.09. The average molecular weight is 169 g/mol. The van der Waals surface area contributed by atoms with E-state index in [1.54, 1.807) is 0 Å². The van der Waals surface area contributed by atoms with Crippen LogP contribution in [0.3, 0.4) is 0 Å². The van der Waals surface area contributed by atoms with Crippen LogP contribution in [0.2, 0.25) is 0 Å². The van der Waals surface area contributed by atoms with Crippen LogP contribution in [-0.4, -0.2) is 25.2 Å². The summed E-state index contributed by atoms with van der Waals surface area (Å²) in [6.45, 7) is 2.66. The largest absolute Gasteiger partial charge is 0.372 e. The number of hydrogen-bond donors (Lipinski definition) is 1. The van der Waals surface area contributed by atoms with E-state index in [9.17, 15) is 4.79 Å². The molecule has 1 aliphatic rings. The Labute approximate surface area is 72.8 Å². The van der Waals surface area contributed by atoms with E-state index in [2.05, 4.69) is 17.5 Å². The van der Waals surface area contributed by atoms with Gasteiger partial charge in [0.2, 0.25) is 5.91 Å². The summed E-state index contributed by atoms with van der Waals surface area (Å²) in [6, 6.07) is 0.304. The highest BCUT2D eigenvalue weighted by molar-refractivity contribution is 5.77. The zero-order valence-electron chi connectivity index (χ0n) is 7.38. The molecular formula is C9H15NO2. The van der Waals surface area contributed by atoms with Gasteiger partial charge in [0.25, 0.3) is 0 Å². The van der Waals surface area contributed by atoms with E-state index in [-0.39, 0.29) is 12.5 Å². The van der Waals surface area contributed by atoms with Crippen molar-refractivity contribution >= 4 is 5.91 Å². The lowest BCUT2D eigenvalue weighted by molar-refractivity contribution is -0.126. The molecule has 1 amide bonds. The van der Waals surface area contributed by atoms with Gasteiger partial charge in [0.05, 0.1) is 0 Å². The molecule has 0 unspecified atom stereocenters. The Bertz CT molecular complexity index is 169. The van der Waals surface area contributed by atoms with Gasteiger partial charge in [-0.15, -0.1) is 0 Å². The minimum absolute atomic E-state index is 0.00875. The smallest absolute Gasteiger partial charge is 0.246 e. The summed E-state index contributed by atoms with van der Waals surface area (Å²) < 4.78 is 4.97. The van der Waals surface area contributed by atoms with Crippen LogP contribution >= 0.6 is 0 Å². The van der Waals surface area contributed by atoms with Crippen LogP contribution in [0.5, 0.6) is 0 Å². The molecule has 3 heteroatoms. The van der Waals surface area contributed by atoms with Crippen molar-refractivity contribution in [2.45, 2.75) is 25.8 Å². The van der Waals surface area contributed by atoms with Crippen LogP contribution in [0.4, 0.5) is 0 Å². The number of nitrogens with one attached hydrogen (secondary N) is 1. The maximum absolute atomic E-state index is 11.1. The summed E-state index contributed by atoms with van der Waals surface area (Å²) in [5.74, 6) is -0.00875. The molecule has 0 aliphatic heterocycles. The molecule has 0 saturated heterocycles. The van der Waals surface area contributed by atoms with Gasteiger partial charge in [-0.2, -0.15) is 0 Å². The van der Waals surface area contributed by atoms with Gasteiger partial charge in [0.1, 0.15) is 6.61 Å². The second kappa shape index (κ2) is 4.93. The molecule has 1 N–H and O–H groups in total. The van der Waals surface area contributed by atoms with Gasteiger partial charge in [-0.25, -0.2) is 0 Å². The molecule has 0 fully saturated rings. The van der Waals surface area contributed by atoms with Crippen molar-refractivity contribution in [3.05, 3.63) is 12.2 Å². The third-order valence-corrected chi connectivity index (χ3v) is 1.81. The van der Waals surface area contributed by atoms with E-state index in [1.165, 1.54) is 0 Å². The summed E-state index contributed by atoms with van der Waals surface area (Å²) in [6.07, 6.45) is 6.09. The molecule has 1 aliphatic carbocycles. The Morgan fingerprint density at radius 3 is 2.83 bits per heavy atom. The Hall–Kier alpha value is -0.830. The molecule has 68 valence electrons. The van der Waals surface area contributed by atoms with Gasteiger partial charge in [-0.3, -0.25) is 4.79 Å². The highest BCUT2D eigenvalue weighted by Crippen LogP contribution is 2.08. The van der Waals surface area contributed by atoms with E-state index >= 15 is 0 Å². The quantitative estimate of drug-likeness (QED) is 0.634. The third-order valence-electron chi connectivity index (χ3n) is 1.81. The summed E-state index contributed by atoms with van der Waals surface area (Å²) in [4.78, 5) is 11.1. The standard InChI is InChI=1S/C9H15NO2/c1-2-12-7-9(11)10-8-5-3-4-6-8/h3-4,8H,2,5-7H2,1H3,(H,10,11). The highest BCUT2D eigenvalue weighted by atomic mass is 16.5. The Morgan fingerprint density at radius 1 is 1.58 bits per heavy atom. The molecule has 3 nitrogen and oxygen atoms in total. The molecular weight excluding hydrogens is 154 g/mol. The first-order valence-electron chi connectivity index (χ1n) is 4.35. The number of hydrogen-bond acceptors (Lipinski definition) is 2. The Morgan fingerprint density at radius 2 is 2.25 bits per heavy atom. The molecule has 1 rings (SSSR count). The van der Waals surface area contributed by atoms with Crippen LogP contribution in [0, 0.1) is 0 Å². The van der Waals surface area contributed by atoms with Crippen molar-refractivity contribution in [2.75, 3.05) is 13.2 Å². The summed E-state index contributed by atoms with van der Waals surface area (Å²) in [5, 5.41) is 2.89. The highest BCUT2D eigenvalue weighted by Gasteiger charge is 2.12. The van der Waals surface area contributed by atoms with Crippen molar-refractivity contribution < 1.29 is 9.53 Å². The van der Waals surface area contributed by atoms with Gasteiger partial charge in [-0.05, 0) is 19.8 Å². The third kappa shape index (κ3) is 3.05. The molecule has 0 radical (unpaired) electrons. The number of amides is 1. The topological polar surface area (TPSA) is 38.3 Å². The minimum atomic E-state index is -0.00875. The molecule has 0 atom stereocenters. The molecule has 0 spiro atoms. The van der Waals surface area contributed by atoms with Crippen LogP contribution < -0.4 is 5.32 Å². The van der Waals surface area contributed by atoms with E-state index in [1.807, 2.05) is 6.92 Å². The summed E-state index contributed by atoms with van der Waals surface area (Å²) in [7, 11) is 0. The molecule has 0 aromatic rings. The molecule has 0 aromatic heterocycles. The predicted octanol–water partition coefficient (Wildman–Crippen LogP) is 0.858. The second-order valence-electron chi connectivity index (χ2n) is 2.84. The maximum Gasteiger partial charge on any atom is 0.246 e. The SMILES string of the molecule is CCOCC(=O)NC1CC=CC1. The van der Waals surface area contributed by atoms with Gasteiger partial charge in [-0.1, -0.05) is 12.2 Å². The lowest BCUT2D eigenvalue weighted by Gasteiger charge is -2.11. The number of carbonyl (C=O) groups is 1. The zero-order valence-corrected chi connectivity index (χ0v) is 7.38. The molecule has 0 aromatic carbocycles. The monoisotopic (exact) mass is 169 g/mol. The first kappa shape index (κ1) is 9.26. The number of ether oxygens (including phenoxy) is 1. The first-order chi connectivity index (χ1) is 5.83. The number of carbonyl (C=O) groups excluding carboxylic acids is 1. The van der Waals surface area contributed by atoms with Crippen LogP contribution in [0.1, 0.15) is 19.8 Å². The van der Waals surface area contributed by atoms with Gasteiger partial charge < -0.3 is 10.1 Å². The normalized spacial score (nSPS) is 16.8. The fraction of sp³-hybridized carbons (Fsp3) is 0.667. The van der Waals surface area contributed by atoms with Gasteiger partial charge >= 0.3 is 0 Å². The fourth-order valence-corrected chi connectivity index (χ4v) is 1.20. The van der Waals surface area contributed by atoms with Crippen molar-refractivity contribution in [3.8, 4) is 0 Å². The van der Waals surface area contributed by atoms with E-state index in [4.69, 9.17) is 4.74 Å². The fourth-order valence-electron chi connectivity index (χ4n) is 1.20. The van der Waals surface area contributed by atoms with Crippen LogP contribution in [0.25, 0.3) is 0 Å². The average Bonchev–Trinajstić information content (AvgIpc) is 2.53. The van der Waals surface area contributed by atoms with E-state index in [0.29, 0.717) is 12.6 Å². The van der Waals surface area contributed by atoms with Gasteiger partial charge in [0, 0.05) is 12.6 Å². The molecule has 0 saturated carbocycles. The molecule has 0 heterocycles. The minimum Gasteiger partial charge on any atom is -0.372 e. The van der Waals surface area contributed by atoms with Crippen LogP contribution in [-0.2, 0) is 9.53 Å².